The van der Waals surface area contributed by atoms with Crippen molar-refractivity contribution in [2.45, 2.75) is 237 Å². The van der Waals surface area contributed by atoms with E-state index in [-0.39, 0.29) is 32.3 Å². The Morgan fingerprint density at radius 2 is 0.932 bits per heavy atom. The van der Waals surface area contributed by atoms with Crippen LogP contribution in [0.1, 0.15) is 219 Å². The Kier molecular flexibility index (Phi) is 33.5. The van der Waals surface area contributed by atoms with Gasteiger partial charge in [-0.3, -0.25) is 14.4 Å². The predicted molar refractivity (Wildman–Crippen MR) is 227 cm³/mol. The van der Waals surface area contributed by atoms with Gasteiger partial charge in [0.05, 0.1) is 13.7 Å². The number of esters is 3. The Hall–Kier alpha value is -1.90. The van der Waals surface area contributed by atoms with Crippen LogP contribution in [-0.2, 0) is 37.7 Å². The van der Waals surface area contributed by atoms with Gasteiger partial charge in [-0.05, 0) is 57.8 Å². The maximum Gasteiger partial charge on any atom is 0.474 e. The number of methoxy groups -OCH3 is 1. The Bertz CT molecular complexity index is 1160. The SMILES string of the molecule is CCCCCCCCC=CCCCCCCCC(=O)OC(O)(C(O)(CCCOC(=O)CCCCCCCCCCCCCCC)CCC(=O)OC)C(O)(O)OP(=O)(O)O. The molecule has 0 aromatic heterocycles. The lowest BCUT2D eigenvalue weighted by Gasteiger charge is -2.47. The van der Waals surface area contributed by atoms with Crippen molar-refractivity contribution in [3.63, 3.8) is 0 Å². The molecule has 0 spiro atoms. The maximum absolute atomic E-state index is 13.0. The number of carbonyl (C=O) groups excluding carboxylic acids is 3. The molecule has 14 nitrogen and oxygen atoms in total. The standard InChI is InChI=1S/C44H83O14P/c1-4-6-8-10-12-14-16-18-19-21-23-25-27-29-31-34-41(47)57-43(49,44(50,51)58-59(52,53)54)42(48,37-35-39(45)55-3)36-32-38-56-40(46)33-30-28-26-24-22-20-17-15-13-11-9-7-5-2/h18-19,48-51H,4-17,20-38H2,1-3H3,(H2,52,53,54). The predicted octanol–water partition coefficient (Wildman–Crippen LogP) is 9.49. The summed E-state index contributed by atoms with van der Waals surface area (Å²) in [4.78, 5) is 56.3. The molecule has 0 aliphatic rings. The first kappa shape index (κ1) is 57.1. The van der Waals surface area contributed by atoms with Gasteiger partial charge in [0.1, 0.15) is 5.60 Å². The third-order valence-corrected chi connectivity index (χ3v) is 11.2. The molecule has 0 bridgehead atoms. The van der Waals surface area contributed by atoms with Crippen molar-refractivity contribution in [3.8, 4) is 0 Å². The van der Waals surface area contributed by atoms with E-state index in [1.165, 1.54) is 96.3 Å². The van der Waals surface area contributed by atoms with Crippen LogP contribution in [0.4, 0.5) is 0 Å². The largest absolute Gasteiger partial charge is 0.474 e. The van der Waals surface area contributed by atoms with Crippen LogP contribution in [-0.4, -0.2) is 79.2 Å². The summed E-state index contributed by atoms with van der Waals surface area (Å²) in [6, 6.07) is 0. The number of ether oxygens (including phenoxy) is 3. The van der Waals surface area contributed by atoms with Gasteiger partial charge in [0.15, 0.2) is 0 Å². The monoisotopic (exact) mass is 867 g/mol. The second-order valence-electron chi connectivity index (χ2n) is 16.1. The van der Waals surface area contributed by atoms with Crippen LogP contribution >= 0.6 is 7.82 Å². The van der Waals surface area contributed by atoms with Crippen LogP contribution in [0.3, 0.4) is 0 Å². The average molecular weight is 867 g/mol. The highest BCUT2D eigenvalue weighted by molar-refractivity contribution is 7.46. The minimum Gasteiger partial charge on any atom is -0.469 e. The van der Waals surface area contributed by atoms with Crippen molar-refractivity contribution in [2.75, 3.05) is 13.7 Å². The van der Waals surface area contributed by atoms with Gasteiger partial charge in [0, 0.05) is 19.3 Å². The minimum absolute atomic E-state index is 0.162. The van der Waals surface area contributed by atoms with E-state index < -0.39 is 62.4 Å². The van der Waals surface area contributed by atoms with Gasteiger partial charge >= 0.3 is 37.5 Å². The maximum atomic E-state index is 13.0. The molecule has 0 heterocycles. The molecule has 2 atom stereocenters. The molecule has 0 saturated carbocycles. The third kappa shape index (κ3) is 29.1. The molecule has 6 N–H and O–H groups in total. The Balaban J connectivity index is 5.09. The van der Waals surface area contributed by atoms with Crippen LogP contribution in [0.15, 0.2) is 12.2 Å². The van der Waals surface area contributed by atoms with Gasteiger partial charge in [-0.1, -0.05) is 154 Å². The van der Waals surface area contributed by atoms with Crippen LogP contribution in [0, 0.1) is 0 Å². The smallest absolute Gasteiger partial charge is 0.469 e. The van der Waals surface area contributed by atoms with Crippen molar-refractivity contribution in [2.24, 2.45) is 0 Å². The molecule has 0 aromatic carbocycles. The van der Waals surface area contributed by atoms with E-state index in [4.69, 9.17) is 9.47 Å². The molecule has 15 heteroatoms. The van der Waals surface area contributed by atoms with E-state index in [1.54, 1.807) is 0 Å². The van der Waals surface area contributed by atoms with Gasteiger partial charge in [-0.2, -0.15) is 0 Å². The highest BCUT2D eigenvalue weighted by Gasteiger charge is 2.68. The second kappa shape index (κ2) is 34.7. The quantitative estimate of drug-likeness (QED) is 0.00841. The first-order chi connectivity index (χ1) is 28.1. The molecule has 2 unspecified atom stereocenters. The summed E-state index contributed by atoms with van der Waals surface area (Å²) in [5.41, 5.74) is -2.97. The summed E-state index contributed by atoms with van der Waals surface area (Å²) >= 11 is 0. The summed E-state index contributed by atoms with van der Waals surface area (Å²) in [6.07, 6.45) is 29.9. The molecular weight excluding hydrogens is 783 g/mol. The van der Waals surface area contributed by atoms with Crippen LogP contribution in [0.25, 0.3) is 0 Å². The number of aliphatic hydroxyl groups is 4. The molecule has 59 heavy (non-hydrogen) atoms. The zero-order valence-electron chi connectivity index (χ0n) is 36.9. The Labute approximate surface area is 355 Å². The lowest BCUT2D eigenvalue weighted by Crippen LogP contribution is -2.70. The summed E-state index contributed by atoms with van der Waals surface area (Å²) in [5, 5.41) is 44.7. The van der Waals surface area contributed by atoms with Crippen molar-refractivity contribution in [3.05, 3.63) is 12.2 Å². The normalized spacial score (nSPS) is 14.3. The highest BCUT2D eigenvalue weighted by atomic mass is 31.2. The second-order valence-corrected chi connectivity index (χ2v) is 17.2. The van der Waals surface area contributed by atoms with E-state index in [9.17, 15) is 49.2 Å². The van der Waals surface area contributed by atoms with E-state index in [0.29, 0.717) is 12.8 Å². The van der Waals surface area contributed by atoms with Gasteiger partial charge < -0.3 is 44.4 Å². The molecule has 0 rings (SSSR count). The van der Waals surface area contributed by atoms with E-state index in [1.807, 2.05) is 0 Å². The van der Waals surface area contributed by atoms with Crippen molar-refractivity contribution >= 4 is 25.7 Å². The molecule has 0 aromatic rings. The minimum atomic E-state index is -5.80. The number of hydrogen-bond donors (Lipinski definition) is 6. The molecular formula is C44H83O14P. The third-order valence-electron chi connectivity index (χ3n) is 10.7. The molecule has 0 aliphatic heterocycles. The van der Waals surface area contributed by atoms with Crippen molar-refractivity contribution < 1.29 is 67.9 Å². The van der Waals surface area contributed by atoms with E-state index in [0.717, 1.165) is 58.5 Å². The molecule has 0 radical (unpaired) electrons. The summed E-state index contributed by atoms with van der Waals surface area (Å²) < 4.78 is 30.7. The highest BCUT2D eigenvalue weighted by Crippen LogP contribution is 2.48. The van der Waals surface area contributed by atoms with Crippen LogP contribution in [0.2, 0.25) is 0 Å². The lowest BCUT2D eigenvalue weighted by molar-refractivity contribution is -0.472. The molecule has 0 fully saturated rings. The zero-order chi connectivity index (χ0) is 44.3. The van der Waals surface area contributed by atoms with Crippen molar-refractivity contribution in [1.29, 1.82) is 0 Å². The van der Waals surface area contributed by atoms with Gasteiger partial charge in [0.25, 0.3) is 0 Å². The summed E-state index contributed by atoms with van der Waals surface area (Å²) in [7, 11) is -4.74. The fourth-order valence-corrected chi connectivity index (χ4v) is 7.49. The number of hydrogen-bond acceptors (Lipinski definition) is 12. The Morgan fingerprint density at radius 1 is 0.525 bits per heavy atom. The average Bonchev–Trinajstić information content (AvgIpc) is 3.17. The fourth-order valence-electron chi connectivity index (χ4n) is 7.03. The number of phosphoric acid groups is 1. The summed E-state index contributed by atoms with van der Waals surface area (Å²) in [5.74, 6) is -10.9. The number of rotatable bonds is 41. The topological polar surface area (TPSA) is 227 Å². The van der Waals surface area contributed by atoms with Gasteiger partial charge in [0.2, 0.25) is 0 Å². The first-order valence-electron chi connectivity index (χ1n) is 22.8. The lowest BCUT2D eigenvalue weighted by atomic mass is 9.82. The van der Waals surface area contributed by atoms with Crippen LogP contribution < -0.4 is 0 Å². The number of carbonyl (C=O) groups is 3. The summed E-state index contributed by atoms with van der Waals surface area (Å²) in [6.45, 7) is 4.12. The van der Waals surface area contributed by atoms with Gasteiger partial charge in [-0.25, -0.2) is 9.09 Å². The van der Waals surface area contributed by atoms with Crippen molar-refractivity contribution in [1.82, 2.24) is 0 Å². The van der Waals surface area contributed by atoms with E-state index >= 15 is 0 Å². The van der Waals surface area contributed by atoms with Gasteiger partial charge in [-0.15, -0.1) is 0 Å². The zero-order valence-corrected chi connectivity index (χ0v) is 37.8. The fraction of sp³-hybridized carbons (Fsp3) is 0.886. The van der Waals surface area contributed by atoms with E-state index in [2.05, 4.69) is 35.3 Å². The molecule has 348 valence electrons. The Morgan fingerprint density at radius 3 is 1.36 bits per heavy atom. The van der Waals surface area contributed by atoms with Crippen LogP contribution in [0.5, 0.6) is 0 Å². The molecule has 0 saturated heterocycles. The number of allylic oxidation sites excluding steroid dienone is 2. The first-order valence-corrected chi connectivity index (χ1v) is 24.4. The molecule has 0 aliphatic carbocycles. The number of unbranched alkanes of at least 4 members (excludes halogenated alkanes) is 23. The number of phosphoric ester groups is 1. The molecule has 0 amide bonds.